The van der Waals surface area contributed by atoms with E-state index in [0.717, 1.165) is 18.7 Å². The molecule has 4 heteroatoms. The Morgan fingerprint density at radius 2 is 1.69 bits per heavy atom. The van der Waals surface area contributed by atoms with Crippen molar-refractivity contribution in [3.8, 4) is 0 Å². The number of anilines is 1. The highest BCUT2D eigenvalue weighted by Gasteiger charge is 2.13. The summed E-state index contributed by atoms with van der Waals surface area (Å²) in [7, 11) is 0. The van der Waals surface area contributed by atoms with E-state index in [-0.39, 0.29) is 5.56 Å². The molecule has 1 heterocycles. The SMILES string of the molecule is CCc1c(N)c(=O)n(CC)n1CC. The zero-order valence-electron chi connectivity index (χ0n) is 8.50. The first-order valence-electron chi connectivity index (χ1n) is 4.75. The number of nitrogens with zero attached hydrogens (tertiary/aromatic N) is 2. The summed E-state index contributed by atoms with van der Waals surface area (Å²) in [5, 5.41) is 0. The van der Waals surface area contributed by atoms with Crippen molar-refractivity contribution in [1.82, 2.24) is 9.36 Å². The molecule has 1 aromatic heterocycles. The zero-order chi connectivity index (χ0) is 10.0. The van der Waals surface area contributed by atoms with E-state index < -0.39 is 0 Å². The fourth-order valence-corrected chi connectivity index (χ4v) is 1.71. The van der Waals surface area contributed by atoms with Crippen LogP contribution in [0, 0.1) is 0 Å². The fraction of sp³-hybridized carbons (Fsp3) is 0.667. The van der Waals surface area contributed by atoms with Crippen molar-refractivity contribution in [2.45, 2.75) is 40.3 Å². The minimum absolute atomic E-state index is 0.0544. The molecular weight excluding hydrogens is 166 g/mol. The van der Waals surface area contributed by atoms with Crippen molar-refractivity contribution in [3.63, 3.8) is 0 Å². The maximum absolute atomic E-state index is 11.6. The topological polar surface area (TPSA) is 53.0 Å². The third kappa shape index (κ3) is 1.36. The molecule has 1 rings (SSSR count). The number of nitrogens with two attached hydrogens (primary N) is 1. The van der Waals surface area contributed by atoms with Gasteiger partial charge in [-0.05, 0) is 20.3 Å². The fourth-order valence-electron chi connectivity index (χ4n) is 1.71. The highest BCUT2D eigenvalue weighted by Crippen LogP contribution is 2.08. The van der Waals surface area contributed by atoms with Crippen LogP contribution in [0.2, 0.25) is 0 Å². The molecule has 0 fully saturated rings. The Hall–Kier alpha value is -1.19. The molecule has 4 nitrogen and oxygen atoms in total. The van der Waals surface area contributed by atoms with Crippen LogP contribution in [-0.2, 0) is 19.5 Å². The van der Waals surface area contributed by atoms with Crippen molar-refractivity contribution < 1.29 is 0 Å². The standard InChI is InChI=1S/C9H17N3O/c1-4-7-8(10)9(13)12(6-3)11(7)5-2/h4-6,10H2,1-3H3. The lowest BCUT2D eigenvalue weighted by Gasteiger charge is -2.09. The Morgan fingerprint density at radius 3 is 2.08 bits per heavy atom. The smallest absolute Gasteiger partial charge is 0.290 e. The van der Waals surface area contributed by atoms with Gasteiger partial charge in [-0.3, -0.25) is 9.48 Å². The molecule has 0 saturated carbocycles. The van der Waals surface area contributed by atoms with Crippen LogP contribution in [0.1, 0.15) is 26.5 Å². The number of aromatic nitrogens is 2. The van der Waals surface area contributed by atoms with E-state index in [2.05, 4.69) is 0 Å². The van der Waals surface area contributed by atoms with Crippen LogP contribution < -0.4 is 11.3 Å². The van der Waals surface area contributed by atoms with E-state index in [1.54, 1.807) is 4.68 Å². The molecule has 0 saturated heterocycles. The second-order valence-corrected chi connectivity index (χ2v) is 2.95. The van der Waals surface area contributed by atoms with E-state index in [9.17, 15) is 4.79 Å². The lowest BCUT2D eigenvalue weighted by Crippen LogP contribution is -2.22. The number of nitrogen functional groups attached to an aromatic ring is 1. The number of hydrogen-bond acceptors (Lipinski definition) is 2. The average molecular weight is 183 g/mol. The Morgan fingerprint density at radius 1 is 1.15 bits per heavy atom. The van der Waals surface area contributed by atoms with Crippen molar-refractivity contribution in [1.29, 1.82) is 0 Å². The van der Waals surface area contributed by atoms with Crippen molar-refractivity contribution in [2.75, 3.05) is 5.73 Å². The molecular formula is C9H17N3O. The molecule has 0 atom stereocenters. The first-order valence-corrected chi connectivity index (χ1v) is 4.75. The highest BCUT2D eigenvalue weighted by molar-refractivity contribution is 5.41. The molecule has 0 unspecified atom stereocenters. The lowest BCUT2D eigenvalue weighted by molar-refractivity contribution is 0.463. The van der Waals surface area contributed by atoms with E-state index in [1.807, 2.05) is 25.5 Å². The number of hydrogen-bond donors (Lipinski definition) is 1. The van der Waals surface area contributed by atoms with Crippen LogP contribution >= 0.6 is 0 Å². The Bertz CT molecular complexity index is 348. The third-order valence-electron chi connectivity index (χ3n) is 2.31. The molecule has 74 valence electrons. The third-order valence-corrected chi connectivity index (χ3v) is 2.31. The molecule has 0 aromatic carbocycles. The largest absolute Gasteiger partial charge is 0.393 e. The normalized spacial score (nSPS) is 10.7. The second kappa shape index (κ2) is 3.68. The van der Waals surface area contributed by atoms with Gasteiger partial charge in [0.1, 0.15) is 5.69 Å². The first kappa shape index (κ1) is 9.89. The van der Waals surface area contributed by atoms with Crippen LogP contribution in [-0.4, -0.2) is 9.36 Å². The van der Waals surface area contributed by atoms with Gasteiger partial charge in [-0.1, -0.05) is 6.92 Å². The molecule has 0 aliphatic carbocycles. The molecule has 0 spiro atoms. The number of rotatable bonds is 3. The van der Waals surface area contributed by atoms with Gasteiger partial charge in [0, 0.05) is 13.1 Å². The van der Waals surface area contributed by atoms with E-state index >= 15 is 0 Å². The van der Waals surface area contributed by atoms with Crippen molar-refractivity contribution in [2.24, 2.45) is 0 Å². The van der Waals surface area contributed by atoms with Gasteiger partial charge < -0.3 is 5.73 Å². The van der Waals surface area contributed by atoms with E-state index in [4.69, 9.17) is 5.73 Å². The molecule has 0 aliphatic rings. The van der Waals surface area contributed by atoms with Gasteiger partial charge in [-0.25, -0.2) is 4.68 Å². The Labute approximate surface area is 77.9 Å². The van der Waals surface area contributed by atoms with Crippen LogP contribution in [0.25, 0.3) is 0 Å². The molecule has 0 amide bonds. The average Bonchev–Trinajstić information content (AvgIpc) is 2.38. The molecule has 0 aliphatic heterocycles. The van der Waals surface area contributed by atoms with Gasteiger partial charge in [0.2, 0.25) is 0 Å². The van der Waals surface area contributed by atoms with Crippen LogP contribution in [0.3, 0.4) is 0 Å². The Kier molecular flexibility index (Phi) is 2.80. The van der Waals surface area contributed by atoms with Crippen LogP contribution in [0.5, 0.6) is 0 Å². The predicted molar refractivity (Wildman–Crippen MR) is 53.8 cm³/mol. The summed E-state index contributed by atoms with van der Waals surface area (Å²) in [4.78, 5) is 11.6. The summed E-state index contributed by atoms with van der Waals surface area (Å²) in [6.45, 7) is 7.45. The van der Waals surface area contributed by atoms with Crippen molar-refractivity contribution >= 4 is 5.69 Å². The predicted octanol–water partition coefficient (Wildman–Crippen LogP) is 0.834. The van der Waals surface area contributed by atoms with Gasteiger partial charge in [-0.15, -0.1) is 0 Å². The Balaban J connectivity index is 3.43. The maximum atomic E-state index is 11.6. The maximum Gasteiger partial charge on any atom is 0.290 e. The quantitative estimate of drug-likeness (QED) is 0.754. The lowest BCUT2D eigenvalue weighted by atomic mass is 10.3. The summed E-state index contributed by atoms with van der Waals surface area (Å²) in [5.74, 6) is 0. The van der Waals surface area contributed by atoms with Gasteiger partial charge in [-0.2, -0.15) is 0 Å². The van der Waals surface area contributed by atoms with Crippen molar-refractivity contribution in [3.05, 3.63) is 16.0 Å². The van der Waals surface area contributed by atoms with Crippen LogP contribution in [0.15, 0.2) is 4.79 Å². The summed E-state index contributed by atoms with van der Waals surface area (Å²) in [6.07, 6.45) is 0.807. The van der Waals surface area contributed by atoms with Gasteiger partial charge in [0.25, 0.3) is 5.56 Å². The summed E-state index contributed by atoms with van der Waals surface area (Å²) < 4.78 is 3.64. The minimum Gasteiger partial charge on any atom is -0.393 e. The molecule has 0 bridgehead atoms. The van der Waals surface area contributed by atoms with E-state index in [0.29, 0.717) is 12.2 Å². The summed E-state index contributed by atoms with van der Waals surface area (Å²) >= 11 is 0. The highest BCUT2D eigenvalue weighted by atomic mass is 16.1. The van der Waals surface area contributed by atoms with Gasteiger partial charge >= 0.3 is 0 Å². The second-order valence-electron chi connectivity index (χ2n) is 2.95. The molecule has 13 heavy (non-hydrogen) atoms. The monoisotopic (exact) mass is 183 g/mol. The van der Waals surface area contributed by atoms with Crippen LogP contribution in [0.4, 0.5) is 5.69 Å². The molecule has 2 N–H and O–H groups in total. The van der Waals surface area contributed by atoms with E-state index in [1.165, 1.54) is 0 Å². The van der Waals surface area contributed by atoms with Gasteiger partial charge in [0.05, 0.1) is 5.69 Å². The first-order chi connectivity index (χ1) is 6.17. The van der Waals surface area contributed by atoms with Gasteiger partial charge in [0.15, 0.2) is 0 Å². The summed E-state index contributed by atoms with van der Waals surface area (Å²) in [5.41, 5.74) is 7.02. The molecule has 1 aromatic rings. The summed E-state index contributed by atoms with van der Waals surface area (Å²) in [6, 6.07) is 0. The molecule has 0 radical (unpaired) electrons. The zero-order valence-corrected chi connectivity index (χ0v) is 8.50. The minimum atomic E-state index is -0.0544.